The number of rotatable bonds is 4. The Morgan fingerprint density at radius 2 is 1.59 bits per heavy atom. The average Bonchev–Trinajstić information content (AvgIpc) is 2.31. The van der Waals surface area contributed by atoms with Crippen LogP contribution in [0.3, 0.4) is 0 Å². The monoisotopic (exact) mass is 239 g/mol. The van der Waals surface area contributed by atoms with E-state index in [-0.39, 0.29) is 22.7 Å². The molecule has 0 bridgehead atoms. The Balaban J connectivity index is 3.82. The van der Waals surface area contributed by atoms with E-state index in [0.717, 1.165) is 0 Å². The highest BCUT2D eigenvalue weighted by molar-refractivity contribution is 5.89. The van der Waals surface area contributed by atoms with Crippen LogP contribution >= 0.6 is 0 Å². The number of carbonyl (C=O) groups is 1. The van der Waals surface area contributed by atoms with Crippen molar-refractivity contribution in [3.63, 3.8) is 0 Å². The molecule has 6 nitrogen and oxygen atoms in total. The zero-order chi connectivity index (χ0) is 13.2. The van der Waals surface area contributed by atoms with Gasteiger partial charge in [-0.25, -0.2) is 0 Å². The lowest BCUT2D eigenvalue weighted by atomic mass is 10.0. The lowest BCUT2D eigenvalue weighted by Crippen LogP contribution is -2.05. The summed E-state index contributed by atoms with van der Waals surface area (Å²) in [5.74, 6) is 0.306. The summed E-state index contributed by atoms with van der Waals surface area (Å²) in [5, 5.41) is 11.0. The quantitative estimate of drug-likeness (QED) is 0.456. The van der Waals surface area contributed by atoms with Crippen LogP contribution in [0.5, 0.6) is 11.5 Å². The molecule has 17 heavy (non-hydrogen) atoms. The van der Waals surface area contributed by atoms with Crippen LogP contribution in [0.25, 0.3) is 0 Å². The molecule has 0 saturated carbocycles. The largest absolute Gasteiger partial charge is 0.495 e. The topological polar surface area (TPSA) is 78.7 Å². The Hall–Kier alpha value is -2.11. The Morgan fingerprint density at radius 3 is 1.94 bits per heavy atom. The number of nitro benzene ring substituents is 1. The number of methoxy groups -OCH3 is 2. The number of aldehydes is 1. The second-order valence-corrected chi connectivity index (χ2v) is 3.45. The van der Waals surface area contributed by atoms with E-state index in [1.807, 2.05) is 0 Å². The second kappa shape index (κ2) is 4.82. The number of hydrogen-bond acceptors (Lipinski definition) is 5. The van der Waals surface area contributed by atoms with Gasteiger partial charge in [0.2, 0.25) is 5.75 Å². The predicted molar refractivity (Wildman–Crippen MR) is 61.1 cm³/mol. The van der Waals surface area contributed by atoms with E-state index in [0.29, 0.717) is 17.4 Å². The van der Waals surface area contributed by atoms with Crippen molar-refractivity contribution in [1.29, 1.82) is 0 Å². The Kier molecular flexibility index (Phi) is 3.67. The molecule has 6 heteroatoms. The standard InChI is InChI=1S/C11H13NO5/c1-6-7(2)11(17-4)9(12(14)15)8(5-13)10(6)16-3/h5H,1-4H3. The van der Waals surface area contributed by atoms with Gasteiger partial charge < -0.3 is 9.47 Å². The fourth-order valence-corrected chi connectivity index (χ4v) is 1.75. The first kappa shape index (κ1) is 13.0. The van der Waals surface area contributed by atoms with Gasteiger partial charge in [0.05, 0.1) is 19.1 Å². The van der Waals surface area contributed by atoms with Gasteiger partial charge >= 0.3 is 5.69 Å². The van der Waals surface area contributed by atoms with Crippen molar-refractivity contribution in [2.75, 3.05) is 14.2 Å². The molecular weight excluding hydrogens is 226 g/mol. The number of benzene rings is 1. The molecule has 0 aromatic heterocycles. The SMILES string of the molecule is COc1c(C)c(C)c(OC)c([N+](=O)[O-])c1C=O. The van der Waals surface area contributed by atoms with Crippen LogP contribution in [0.15, 0.2) is 0 Å². The fraction of sp³-hybridized carbons (Fsp3) is 0.364. The van der Waals surface area contributed by atoms with Crippen molar-refractivity contribution in [1.82, 2.24) is 0 Å². The van der Waals surface area contributed by atoms with Crippen LogP contribution < -0.4 is 9.47 Å². The van der Waals surface area contributed by atoms with Crippen molar-refractivity contribution in [2.24, 2.45) is 0 Å². The van der Waals surface area contributed by atoms with Gasteiger partial charge in [-0.15, -0.1) is 0 Å². The van der Waals surface area contributed by atoms with Crippen LogP contribution in [-0.2, 0) is 0 Å². The van der Waals surface area contributed by atoms with Crippen molar-refractivity contribution in [3.8, 4) is 11.5 Å². The van der Waals surface area contributed by atoms with E-state index in [1.165, 1.54) is 14.2 Å². The third-order valence-corrected chi connectivity index (χ3v) is 2.67. The highest BCUT2D eigenvalue weighted by atomic mass is 16.6. The van der Waals surface area contributed by atoms with Gasteiger partial charge in [0.1, 0.15) is 11.3 Å². The smallest absolute Gasteiger partial charge is 0.325 e. The van der Waals surface area contributed by atoms with E-state index in [4.69, 9.17) is 9.47 Å². The number of carbonyl (C=O) groups excluding carboxylic acids is 1. The highest BCUT2D eigenvalue weighted by Crippen LogP contribution is 2.41. The Bertz CT molecular complexity index is 481. The molecule has 1 rings (SSSR count). The van der Waals surface area contributed by atoms with E-state index in [1.54, 1.807) is 13.8 Å². The van der Waals surface area contributed by atoms with E-state index < -0.39 is 4.92 Å². The van der Waals surface area contributed by atoms with Gasteiger partial charge in [0.15, 0.2) is 6.29 Å². The molecule has 92 valence electrons. The number of ether oxygens (including phenoxy) is 2. The van der Waals surface area contributed by atoms with Crippen molar-refractivity contribution in [3.05, 3.63) is 26.8 Å². The lowest BCUT2D eigenvalue weighted by Gasteiger charge is -2.14. The van der Waals surface area contributed by atoms with Gasteiger partial charge in [0, 0.05) is 5.56 Å². The molecule has 0 saturated heterocycles. The highest BCUT2D eigenvalue weighted by Gasteiger charge is 2.29. The molecule has 0 unspecified atom stereocenters. The maximum atomic E-state index is 11.0. The first-order chi connectivity index (χ1) is 7.99. The molecule has 1 aromatic rings. The van der Waals surface area contributed by atoms with Crippen LogP contribution in [0, 0.1) is 24.0 Å². The first-order valence-corrected chi connectivity index (χ1v) is 4.84. The Labute approximate surface area is 98.3 Å². The molecular formula is C11H13NO5. The van der Waals surface area contributed by atoms with E-state index in [2.05, 4.69) is 0 Å². The molecule has 0 radical (unpaired) electrons. The van der Waals surface area contributed by atoms with Crippen molar-refractivity contribution < 1.29 is 19.2 Å². The molecule has 0 amide bonds. The van der Waals surface area contributed by atoms with Gasteiger partial charge in [0.25, 0.3) is 0 Å². The summed E-state index contributed by atoms with van der Waals surface area (Å²) in [6, 6.07) is 0. The molecule has 0 aliphatic carbocycles. The second-order valence-electron chi connectivity index (χ2n) is 3.45. The van der Waals surface area contributed by atoms with Gasteiger partial charge in [-0.1, -0.05) is 0 Å². The summed E-state index contributed by atoms with van der Waals surface area (Å²) in [4.78, 5) is 21.4. The molecule has 0 N–H and O–H groups in total. The fourth-order valence-electron chi connectivity index (χ4n) is 1.75. The van der Waals surface area contributed by atoms with Crippen LogP contribution in [0.1, 0.15) is 21.5 Å². The van der Waals surface area contributed by atoms with E-state index >= 15 is 0 Å². The van der Waals surface area contributed by atoms with Gasteiger partial charge in [-0.2, -0.15) is 0 Å². The van der Waals surface area contributed by atoms with Crippen molar-refractivity contribution >= 4 is 12.0 Å². The molecule has 0 heterocycles. The van der Waals surface area contributed by atoms with Crippen LogP contribution in [0.4, 0.5) is 5.69 Å². The minimum atomic E-state index is -0.641. The zero-order valence-corrected chi connectivity index (χ0v) is 10.1. The molecule has 0 fully saturated rings. The summed E-state index contributed by atoms with van der Waals surface area (Å²) in [6.07, 6.45) is 0.409. The Morgan fingerprint density at radius 1 is 1.12 bits per heavy atom. The summed E-state index contributed by atoms with van der Waals surface area (Å²) in [5.41, 5.74) is 0.776. The summed E-state index contributed by atoms with van der Waals surface area (Å²) in [6.45, 7) is 3.39. The van der Waals surface area contributed by atoms with Gasteiger partial charge in [-0.3, -0.25) is 14.9 Å². The van der Waals surface area contributed by atoms with Crippen LogP contribution in [0.2, 0.25) is 0 Å². The third kappa shape index (κ3) is 1.93. The number of nitro groups is 1. The third-order valence-electron chi connectivity index (χ3n) is 2.67. The molecule has 0 atom stereocenters. The van der Waals surface area contributed by atoms with E-state index in [9.17, 15) is 14.9 Å². The molecule has 1 aromatic carbocycles. The van der Waals surface area contributed by atoms with Crippen molar-refractivity contribution in [2.45, 2.75) is 13.8 Å². The summed E-state index contributed by atoms with van der Waals surface area (Å²) < 4.78 is 10.1. The zero-order valence-electron chi connectivity index (χ0n) is 10.1. The molecule has 0 aliphatic heterocycles. The minimum absolute atomic E-state index is 0.0930. The first-order valence-electron chi connectivity index (χ1n) is 4.84. The predicted octanol–water partition coefficient (Wildman–Crippen LogP) is 2.04. The van der Waals surface area contributed by atoms with Gasteiger partial charge in [-0.05, 0) is 19.4 Å². The van der Waals surface area contributed by atoms with Crippen LogP contribution in [-0.4, -0.2) is 25.4 Å². The lowest BCUT2D eigenvalue weighted by molar-refractivity contribution is -0.386. The summed E-state index contributed by atoms with van der Waals surface area (Å²) >= 11 is 0. The summed E-state index contributed by atoms with van der Waals surface area (Å²) in [7, 11) is 2.70. The number of nitrogens with zero attached hydrogens (tertiary/aromatic N) is 1. The molecule has 0 aliphatic rings. The maximum Gasteiger partial charge on any atom is 0.325 e. The number of hydrogen-bond donors (Lipinski definition) is 0. The average molecular weight is 239 g/mol. The molecule has 0 spiro atoms. The minimum Gasteiger partial charge on any atom is -0.495 e. The maximum absolute atomic E-state index is 11.0. The normalized spacial score (nSPS) is 9.88.